The number of allylic oxidation sites excluding steroid dienone is 14. The van der Waals surface area contributed by atoms with E-state index in [2.05, 4.69) is 98.9 Å². The Morgan fingerprint density at radius 2 is 0.929 bits per heavy atom. The average molecular weight is 991 g/mol. The van der Waals surface area contributed by atoms with Crippen LogP contribution in [0.4, 0.5) is 0 Å². The molecule has 2 heterocycles. The summed E-state index contributed by atoms with van der Waals surface area (Å²) in [7, 11) is 0. The van der Waals surface area contributed by atoms with Crippen LogP contribution in [-0.2, 0) is 33.2 Å². The summed E-state index contributed by atoms with van der Waals surface area (Å²) in [5.41, 5.74) is 0. The fourth-order valence-corrected chi connectivity index (χ4v) is 7.82. The second-order valence-corrected chi connectivity index (χ2v) is 18.3. The van der Waals surface area contributed by atoms with Gasteiger partial charge in [-0.2, -0.15) is 0 Å². The van der Waals surface area contributed by atoms with Crippen molar-refractivity contribution in [3.8, 4) is 0 Å². The molecule has 2 rings (SSSR count). The molecule has 0 radical (unpaired) electrons. The topological polar surface area (TPSA) is 214 Å². The highest BCUT2D eigenvalue weighted by Gasteiger charge is 2.47. The maximum Gasteiger partial charge on any atom is 0.306 e. The van der Waals surface area contributed by atoms with Gasteiger partial charge in [0.1, 0.15) is 54.9 Å². The molecule has 0 aromatic rings. The van der Waals surface area contributed by atoms with Crippen molar-refractivity contribution in [3.63, 3.8) is 0 Å². The lowest BCUT2D eigenvalue weighted by Crippen LogP contribution is -2.61. The molecule has 11 unspecified atom stereocenters. The van der Waals surface area contributed by atoms with Crippen LogP contribution in [0.2, 0.25) is 0 Å². The lowest BCUT2D eigenvalue weighted by Gasteiger charge is -2.42. The molecule has 0 aliphatic carbocycles. The summed E-state index contributed by atoms with van der Waals surface area (Å²) in [6, 6.07) is 0. The third-order valence-corrected chi connectivity index (χ3v) is 12.1. The quantitative estimate of drug-likeness (QED) is 0.0174. The minimum Gasteiger partial charge on any atom is -0.457 e. The van der Waals surface area contributed by atoms with E-state index in [0.29, 0.717) is 13.0 Å². The number of hydrogen-bond donors (Lipinski definition) is 7. The summed E-state index contributed by atoms with van der Waals surface area (Å²) >= 11 is 0. The first-order chi connectivity index (χ1) is 34.1. The summed E-state index contributed by atoms with van der Waals surface area (Å²) in [6.07, 6.45) is 37.9. The molecule has 0 bridgehead atoms. The van der Waals surface area contributed by atoms with Gasteiger partial charge in [-0.25, -0.2) is 0 Å². The van der Waals surface area contributed by atoms with Gasteiger partial charge in [0.2, 0.25) is 0 Å². The Kier molecular flexibility index (Phi) is 38.6. The van der Waals surface area contributed by atoms with E-state index in [4.69, 9.17) is 28.4 Å². The first-order valence-electron chi connectivity index (χ1n) is 26.7. The van der Waals surface area contributed by atoms with Gasteiger partial charge in [0.15, 0.2) is 12.6 Å². The fraction of sp³-hybridized carbons (Fsp3) is 0.732. The van der Waals surface area contributed by atoms with Crippen LogP contribution in [-0.4, -0.2) is 142 Å². The third-order valence-electron chi connectivity index (χ3n) is 12.1. The zero-order valence-electron chi connectivity index (χ0n) is 42.7. The van der Waals surface area contributed by atoms with E-state index in [0.717, 1.165) is 109 Å². The lowest BCUT2D eigenvalue weighted by molar-refractivity contribution is -0.332. The SMILES string of the molecule is CC/C=C\C/C=C\C/C=C\C/C=C\C/C=C\C/C=C\CCCCCCCCC(=O)OC(COCCCCCCCC/C=C\CCC)COC1OC(COC2OC(CO)C(O)C(O)C2O)C(O)C(O)C1O. The first-order valence-corrected chi connectivity index (χ1v) is 26.7. The molecule has 2 aliphatic rings. The molecule has 14 nitrogen and oxygen atoms in total. The summed E-state index contributed by atoms with van der Waals surface area (Å²) in [6.45, 7) is 3.46. The summed E-state index contributed by atoms with van der Waals surface area (Å²) in [4.78, 5) is 13.0. The lowest BCUT2D eigenvalue weighted by atomic mass is 9.98. The molecule has 7 N–H and O–H groups in total. The largest absolute Gasteiger partial charge is 0.457 e. The maximum absolute atomic E-state index is 13.0. The van der Waals surface area contributed by atoms with Gasteiger partial charge in [-0.05, 0) is 83.5 Å². The Morgan fingerprint density at radius 1 is 0.486 bits per heavy atom. The molecule has 2 aliphatic heterocycles. The van der Waals surface area contributed by atoms with E-state index >= 15 is 0 Å². The number of unbranched alkanes of at least 4 members (excludes halogenated alkanes) is 13. The van der Waals surface area contributed by atoms with E-state index in [1.165, 1.54) is 25.7 Å². The molecule has 11 atom stereocenters. The van der Waals surface area contributed by atoms with E-state index in [9.17, 15) is 40.5 Å². The molecular weight excluding hydrogens is 897 g/mol. The van der Waals surface area contributed by atoms with Crippen LogP contribution in [0.5, 0.6) is 0 Å². The summed E-state index contributed by atoms with van der Waals surface area (Å²) in [5, 5.41) is 72.1. The molecule has 0 spiro atoms. The Balaban J connectivity index is 1.72. The normalized spacial score (nSPS) is 26.2. The molecule has 0 saturated carbocycles. The van der Waals surface area contributed by atoms with Gasteiger partial charge in [0.25, 0.3) is 0 Å². The van der Waals surface area contributed by atoms with E-state index in [1.54, 1.807) is 0 Å². The zero-order chi connectivity index (χ0) is 50.9. The van der Waals surface area contributed by atoms with Crippen LogP contribution in [0.1, 0.15) is 162 Å². The highest BCUT2D eigenvalue weighted by molar-refractivity contribution is 5.69. The van der Waals surface area contributed by atoms with Crippen molar-refractivity contribution in [2.75, 3.05) is 33.0 Å². The molecule has 2 saturated heterocycles. The number of carbonyl (C=O) groups is 1. The molecule has 0 aromatic heterocycles. The van der Waals surface area contributed by atoms with Gasteiger partial charge in [-0.15, -0.1) is 0 Å². The first kappa shape index (κ1) is 63.3. The predicted octanol–water partition coefficient (Wildman–Crippen LogP) is 8.46. The van der Waals surface area contributed by atoms with Gasteiger partial charge in [-0.3, -0.25) is 4.79 Å². The van der Waals surface area contributed by atoms with Crippen LogP contribution in [0.3, 0.4) is 0 Å². The fourth-order valence-electron chi connectivity index (χ4n) is 7.82. The van der Waals surface area contributed by atoms with Gasteiger partial charge >= 0.3 is 5.97 Å². The van der Waals surface area contributed by atoms with Crippen LogP contribution < -0.4 is 0 Å². The molecule has 0 aromatic carbocycles. The highest BCUT2D eigenvalue weighted by Crippen LogP contribution is 2.26. The van der Waals surface area contributed by atoms with Crippen molar-refractivity contribution in [3.05, 3.63) is 85.1 Å². The van der Waals surface area contributed by atoms with Crippen molar-refractivity contribution in [1.29, 1.82) is 0 Å². The Bertz CT molecular complexity index is 1480. The van der Waals surface area contributed by atoms with Crippen molar-refractivity contribution in [2.24, 2.45) is 0 Å². The van der Waals surface area contributed by atoms with Crippen LogP contribution in [0.25, 0.3) is 0 Å². The van der Waals surface area contributed by atoms with Crippen molar-refractivity contribution in [1.82, 2.24) is 0 Å². The van der Waals surface area contributed by atoms with Gasteiger partial charge in [0, 0.05) is 13.0 Å². The van der Waals surface area contributed by atoms with Crippen LogP contribution in [0, 0.1) is 0 Å². The monoisotopic (exact) mass is 991 g/mol. The molecule has 0 amide bonds. The molecular formula is C56H94O14. The number of rotatable bonds is 41. The second kappa shape index (κ2) is 42.7. The molecule has 402 valence electrons. The van der Waals surface area contributed by atoms with Crippen LogP contribution in [0.15, 0.2) is 85.1 Å². The smallest absolute Gasteiger partial charge is 0.306 e. The van der Waals surface area contributed by atoms with Crippen molar-refractivity contribution >= 4 is 5.97 Å². The molecule has 2 fully saturated rings. The Labute approximate surface area is 420 Å². The second-order valence-electron chi connectivity index (χ2n) is 18.3. The molecule has 70 heavy (non-hydrogen) atoms. The van der Waals surface area contributed by atoms with Gasteiger partial charge in [0.05, 0.1) is 26.4 Å². The van der Waals surface area contributed by atoms with Crippen molar-refractivity contribution < 1.29 is 69.0 Å². The van der Waals surface area contributed by atoms with E-state index < -0.39 is 86.7 Å². The number of aliphatic hydroxyl groups excluding tert-OH is 7. The number of ether oxygens (including phenoxy) is 6. The van der Waals surface area contributed by atoms with Gasteiger partial charge < -0.3 is 64.2 Å². The Morgan fingerprint density at radius 3 is 1.47 bits per heavy atom. The van der Waals surface area contributed by atoms with E-state index in [1.807, 2.05) is 0 Å². The average Bonchev–Trinajstić information content (AvgIpc) is 3.36. The van der Waals surface area contributed by atoms with E-state index in [-0.39, 0.29) is 19.6 Å². The summed E-state index contributed by atoms with van der Waals surface area (Å²) in [5.74, 6) is -0.397. The Hall–Kier alpha value is -2.83. The minimum atomic E-state index is -1.71. The standard InChI is InChI=1S/C56H94O14/c1-3-5-7-9-11-13-15-16-17-18-19-20-21-22-23-24-25-26-27-28-29-31-33-35-37-39-48(58)68-45(42-65-40-38-36-34-32-30-14-12-10-8-6-4-2)43-66-55-54(64)52(62)50(60)47(70-55)44-67-56-53(63)51(61)49(59)46(41-57)69-56/h5,7-8,10-11,13,16-17,19-20,22-23,25-26,45-47,49-57,59-64H,3-4,6,9,12,14-15,18,21,24,27-44H2,1-2H3/b7-5-,10-8-,13-11-,17-16-,20-19-,23-22-,26-25-. The zero-order valence-corrected chi connectivity index (χ0v) is 42.7. The molecule has 14 heteroatoms. The van der Waals surface area contributed by atoms with Gasteiger partial charge in [-0.1, -0.05) is 157 Å². The predicted molar refractivity (Wildman–Crippen MR) is 275 cm³/mol. The maximum atomic E-state index is 13.0. The number of hydrogen-bond acceptors (Lipinski definition) is 14. The summed E-state index contributed by atoms with van der Waals surface area (Å²) < 4.78 is 34.2. The third kappa shape index (κ3) is 29.6. The van der Waals surface area contributed by atoms with Crippen LogP contribution >= 0.6 is 0 Å². The minimum absolute atomic E-state index is 0.0459. The number of carbonyl (C=O) groups excluding carboxylic acids is 1. The number of esters is 1. The number of aliphatic hydroxyl groups is 7. The van der Waals surface area contributed by atoms with Crippen molar-refractivity contribution in [2.45, 2.75) is 229 Å². The highest BCUT2D eigenvalue weighted by atomic mass is 16.7.